The molecule has 3 N–H and O–H groups in total. The molecular formula is C25H28ClFN6O3. The van der Waals surface area contributed by atoms with Gasteiger partial charge in [0.05, 0.1) is 16.5 Å². The summed E-state index contributed by atoms with van der Waals surface area (Å²) >= 11 is 5.84. The summed E-state index contributed by atoms with van der Waals surface area (Å²) in [5.41, 5.74) is 6.95. The highest BCUT2D eigenvalue weighted by atomic mass is 35.5. The average molecular weight is 515 g/mol. The quantitative estimate of drug-likeness (QED) is 0.569. The Hall–Kier alpha value is -3.08. The van der Waals surface area contributed by atoms with E-state index in [1.165, 1.54) is 12.3 Å². The number of hydrogen-bond acceptors (Lipinski definition) is 6. The van der Waals surface area contributed by atoms with Crippen LogP contribution in [0.3, 0.4) is 0 Å². The molecule has 3 amide bonds. The molecule has 3 unspecified atom stereocenters. The molecule has 0 saturated carbocycles. The van der Waals surface area contributed by atoms with Crippen LogP contribution in [0.15, 0.2) is 36.5 Å². The minimum absolute atomic E-state index is 0.0112. The van der Waals surface area contributed by atoms with E-state index in [1.54, 1.807) is 34.1 Å². The molecule has 3 aliphatic heterocycles. The standard InChI is InChI=1S/C25H28ClFN6O3/c26-16-4-6-20(29-14-16)25(36)33-10-8-32(9-11-33)24(35)18-12-15(3-5-19(18)27)13-21-22-17(2-1-7-28-22)23(34)31-30-21/h3-6,12,14,17,21-22,28,30H,1-2,7-11,13H2,(H,31,34). The Labute approximate surface area is 213 Å². The molecule has 0 spiro atoms. The van der Waals surface area contributed by atoms with Crippen molar-refractivity contribution in [1.29, 1.82) is 0 Å². The van der Waals surface area contributed by atoms with Gasteiger partial charge < -0.3 is 15.1 Å². The fourth-order valence-electron chi connectivity index (χ4n) is 5.22. The van der Waals surface area contributed by atoms with E-state index >= 15 is 0 Å². The van der Waals surface area contributed by atoms with Crippen LogP contribution in [0.2, 0.25) is 5.02 Å². The number of piperidine rings is 1. The number of nitrogens with one attached hydrogen (secondary N) is 3. The van der Waals surface area contributed by atoms with Crippen molar-refractivity contribution in [3.63, 3.8) is 0 Å². The highest BCUT2D eigenvalue weighted by molar-refractivity contribution is 6.30. The van der Waals surface area contributed by atoms with E-state index in [0.717, 1.165) is 24.9 Å². The number of hydrazine groups is 1. The van der Waals surface area contributed by atoms with Gasteiger partial charge in [0.1, 0.15) is 11.5 Å². The lowest BCUT2D eigenvalue weighted by atomic mass is 9.82. The number of rotatable bonds is 4. The Morgan fingerprint density at radius 2 is 1.83 bits per heavy atom. The SMILES string of the molecule is O=C1NNC(Cc2ccc(F)c(C(=O)N3CCN(C(=O)c4ccc(Cl)cn4)CC3)c2)C2NCCCC12. The number of pyridine rings is 1. The first-order valence-corrected chi connectivity index (χ1v) is 12.6. The summed E-state index contributed by atoms with van der Waals surface area (Å²) in [6.07, 6.45) is 3.74. The van der Waals surface area contributed by atoms with Crippen molar-refractivity contribution >= 4 is 29.3 Å². The Kier molecular flexibility index (Phi) is 7.17. The highest BCUT2D eigenvalue weighted by Crippen LogP contribution is 2.24. The molecule has 3 saturated heterocycles. The van der Waals surface area contributed by atoms with Gasteiger partial charge in [0.15, 0.2) is 0 Å². The number of carbonyl (C=O) groups is 3. The zero-order chi connectivity index (χ0) is 25.2. The number of fused-ring (bicyclic) bond motifs is 1. The normalized spacial score (nSPS) is 24.2. The molecular weight excluding hydrogens is 487 g/mol. The smallest absolute Gasteiger partial charge is 0.272 e. The van der Waals surface area contributed by atoms with Gasteiger partial charge in [-0.3, -0.25) is 19.8 Å². The van der Waals surface area contributed by atoms with E-state index in [1.807, 2.05) is 0 Å². The van der Waals surface area contributed by atoms with Gasteiger partial charge in [0.25, 0.3) is 11.8 Å². The number of nitrogens with zero attached hydrogens (tertiary/aromatic N) is 3. The van der Waals surface area contributed by atoms with Gasteiger partial charge >= 0.3 is 0 Å². The number of halogens is 2. The maximum Gasteiger partial charge on any atom is 0.272 e. The van der Waals surface area contributed by atoms with Crippen LogP contribution in [0.1, 0.15) is 39.3 Å². The molecule has 190 valence electrons. The summed E-state index contributed by atoms with van der Waals surface area (Å²) in [4.78, 5) is 45.3. The number of amides is 3. The number of piperazine rings is 1. The van der Waals surface area contributed by atoms with Gasteiger partial charge in [-0.1, -0.05) is 17.7 Å². The van der Waals surface area contributed by atoms with Crippen molar-refractivity contribution in [2.24, 2.45) is 5.92 Å². The highest BCUT2D eigenvalue weighted by Gasteiger charge is 2.40. The minimum atomic E-state index is -0.578. The maximum absolute atomic E-state index is 14.7. The molecule has 1 aromatic heterocycles. The molecule has 0 radical (unpaired) electrons. The van der Waals surface area contributed by atoms with Gasteiger partial charge in [-0.2, -0.15) is 0 Å². The van der Waals surface area contributed by atoms with Crippen molar-refractivity contribution in [3.05, 3.63) is 64.2 Å². The lowest BCUT2D eigenvalue weighted by molar-refractivity contribution is -0.131. The first-order valence-electron chi connectivity index (χ1n) is 12.2. The van der Waals surface area contributed by atoms with E-state index < -0.39 is 11.7 Å². The van der Waals surface area contributed by atoms with Gasteiger partial charge in [0, 0.05) is 44.5 Å². The monoisotopic (exact) mass is 514 g/mol. The van der Waals surface area contributed by atoms with Crippen LogP contribution in [-0.4, -0.2) is 77.3 Å². The molecule has 36 heavy (non-hydrogen) atoms. The van der Waals surface area contributed by atoms with Crippen molar-refractivity contribution in [1.82, 2.24) is 31.0 Å². The van der Waals surface area contributed by atoms with Crippen LogP contribution in [0.5, 0.6) is 0 Å². The Bertz CT molecular complexity index is 1150. The van der Waals surface area contributed by atoms with Crippen LogP contribution < -0.4 is 16.2 Å². The summed E-state index contributed by atoms with van der Waals surface area (Å²) in [7, 11) is 0. The van der Waals surface area contributed by atoms with Crippen molar-refractivity contribution in [2.75, 3.05) is 32.7 Å². The van der Waals surface area contributed by atoms with Crippen LogP contribution in [0.25, 0.3) is 0 Å². The predicted molar refractivity (Wildman–Crippen MR) is 131 cm³/mol. The van der Waals surface area contributed by atoms with Gasteiger partial charge in [-0.25, -0.2) is 14.8 Å². The van der Waals surface area contributed by atoms with Gasteiger partial charge in [0.2, 0.25) is 5.91 Å². The van der Waals surface area contributed by atoms with E-state index in [2.05, 4.69) is 21.2 Å². The second kappa shape index (κ2) is 10.5. The fraction of sp³-hybridized carbons (Fsp3) is 0.440. The van der Waals surface area contributed by atoms with Gasteiger partial charge in [-0.05, 0) is 55.6 Å². The first kappa shape index (κ1) is 24.6. The molecule has 4 heterocycles. The number of aromatic nitrogens is 1. The summed E-state index contributed by atoms with van der Waals surface area (Å²) in [6.45, 7) is 2.10. The number of benzene rings is 1. The maximum atomic E-state index is 14.7. The fourth-order valence-corrected chi connectivity index (χ4v) is 5.33. The molecule has 2 aromatic rings. The Balaban J connectivity index is 1.23. The van der Waals surface area contributed by atoms with Crippen LogP contribution >= 0.6 is 11.6 Å². The summed E-state index contributed by atoms with van der Waals surface area (Å²) in [5.74, 6) is -1.32. The van der Waals surface area contributed by atoms with Crippen LogP contribution in [0, 0.1) is 11.7 Å². The third kappa shape index (κ3) is 5.07. The second-order valence-corrected chi connectivity index (χ2v) is 9.87. The molecule has 3 atom stereocenters. The van der Waals surface area contributed by atoms with E-state index in [-0.39, 0.29) is 35.4 Å². The van der Waals surface area contributed by atoms with E-state index in [0.29, 0.717) is 43.3 Å². The van der Waals surface area contributed by atoms with E-state index in [9.17, 15) is 18.8 Å². The molecule has 0 bridgehead atoms. The molecule has 1 aromatic carbocycles. The molecule has 11 heteroatoms. The first-order chi connectivity index (χ1) is 17.4. The van der Waals surface area contributed by atoms with Crippen molar-refractivity contribution in [2.45, 2.75) is 31.3 Å². The minimum Gasteiger partial charge on any atom is -0.335 e. The molecule has 3 aliphatic rings. The summed E-state index contributed by atoms with van der Waals surface area (Å²) in [5, 5.41) is 3.88. The molecule has 3 fully saturated rings. The van der Waals surface area contributed by atoms with Crippen LogP contribution in [0.4, 0.5) is 4.39 Å². The molecule has 9 nitrogen and oxygen atoms in total. The lowest BCUT2D eigenvalue weighted by Gasteiger charge is -2.41. The number of carbonyl (C=O) groups excluding carboxylic acids is 3. The third-order valence-corrected chi connectivity index (χ3v) is 7.40. The molecule has 0 aliphatic carbocycles. The Morgan fingerprint density at radius 3 is 2.56 bits per heavy atom. The van der Waals surface area contributed by atoms with Crippen molar-refractivity contribution in [3.8, 4) is 0 Å². The predicted octanol–water partition coefficient (Wildman–Crippen LogP) is 1.39. The summed E-state index contributed by atoms with van der Waals surface area (Å²) in [6, 6.07) is 7.69. The summed E-state index contributed by atoms with van der Waals surface area (Å²) < 4.78 is 14.7. The second-order valence-electron chi connectivity index (χ2n) is 9.43. The topological polar surface area (TPSA) is 107 Å². The third-order valence-electron chi connectivity index (χ3n) is 7.17. The molecule has 5 rings (SSSR count). The zero-order valence-corrected chi connectivity index (χ0v) is 20.4. The number of hydrogen-bond donors (Lipinski definition) is 3. The zero-order valence-electron chi connectivity index (χ0n) is 19.7. The average Bonchev–Trinajstić information content (AvgIpc) is 2.91. The Morgan fingerprint density at radius 1 is 1.08 bits per heavy atom. The lowest BCUT2D eigenvalue weighted by Crippen LogP contribution is -2.67. The largest absolute Gasteiger partial charge is 0.335 e. The van der Waals surface area contributed by atoms with Crippen LogP contribution in [-0.2, 0) is 11.2 Å². The van der Waals surface area contributed by atoms with E-state index in [4.69, 9.17) is 11.6 Å². The van der Waals surface area contributed by atoms with Crippen molar-refractivity contribution < 1.29 is 18.8 Å². The van der Waals surface area contributed by atoms with Gasteiger partial charge in [-0.15, -0.1) is 0 Å².